The maximum atomic E-state index is 13.5. The summed E-state index contributed by atoms with van der Waals surface area (Å²) in [6.07, 6.45) is -0.361. The second kappa shape index (κ2) is 10.6. The lowest BCUT2D eigenvalue weighted by Crippen LogP contribution is -2.51. The first-order valence-electron chi connectivity index (χ1n) is 11.1. The highest BCUT2D eigenvalue weighted by molar-refractivity contribution is 6.07. The van der Waals surface area contributed by atoms with E-state index < -0.39 is 23.3 Å². The van der Waals surface area contributed by atoms with Gasteiger partial charge in [-0.25, -0.2) is 4.79 Å². The highest BCUT2D eigenvalue weighted by Crippen LogP contribution is 2.33. The van der Waals surface area contributed by atoms with Gasteiger partial charge < -0.3 is 20.1 Å². The second-order valence-corrected chi connectivity index (χ2v) is 8.54. The predicted octanol–water partition coefficient (Wildman–Crippen LogP) is 0.958. The van der Waals surface area contributed by atoms with E-state index in [9.17, 15) is 19.2 Å². The van der Waals surface area contributed by atoms with Crippen molar-refractivity contribution in [3.05, 3.63) is 45.1 Å². The van der Waals surface area contributed by atoms with Gasteiger partial charge in [0.1, 0.15) is 18.1 Å². The number of amides is 2. The smallest absolute Gasteiger partial charge is 0.330 e. The largest absolute Gasteiger partial charge is 0.479 e. The van der Waals surface area contributed by atoms with Crippen molar-refractivity contribution < 1.29 is 19.1 Å². The molecule has 3 N–H and O–H groups in total. The number of nitrogen functional groups attached to an aromatic ring is 1. The third-order valence-electron chi connectivity index (χ3n) is 5.43. The zero-order valence-corrected chi connectivity index (χ0v) is 19.9. The van der Waals surface area contributed by atoms with Gasteiger partial charge in [0.25, 0.3) is 11.5 Å². The summed E-state index contributed by atoms with van der Waals surface area (Å²) in [4.78, 5) is 56.4. The minimum Gasteiger partial charge on any atom is -0.479 e. The molecule has 34 heavy (non-hydrogen) atoms. The van der Waals surface area contributed by atoms with Crippen molar-refractivity contribution in [1.82, 2.24) is 9.55 Å². The molecule has 0 spiro atoms. The molecular weight excluding hydrogens is 442 g/mol. The summed E-state index contributed by atoms with van der Waals surface area (Å²) in [6.45, 7) is 5.79. The van der Waals surface area contributed by atoms with Crippen LogP contribution in [0.15, 0.2) is 33.9 Å². The number of hydrogen-bond acceptors (Lipinski definition) is 7. The molecule has 1 atom stereocenters. The molecule has 0 saturated heterocycles. The average molecular weight is 474 g/mol. The molecule has 2 heterocycles. The van der Waals surface area contributed by atoms with E-state index in [1.807, 2.05) is 13.8 Å². The number of para-hydroxylation sites is 2. The zero-order valence-electron chi connectivity index (χ0n) is 19.9. The normalized spacial score (nSPS) is 15.3. The van der Waals surface area contributed by atoms with Crippen molar-refractivity contribution in [3.8, 4) is 5.75 Å². The van der Waals surface area contributed by atoms with Crippen LogP contribution in [0.5, 0.6) is 5.75 Å². The Morgan fingerprint density at radius 2 is 1.97 bits per heavy atom. The first-order chi connectivity index (χ1) is 16.1. The van der Waals surface area contributed by atoms with E-state index in [2.05, 4.69) is 4.98 Å². The number of rotatable bonds is 9. The maximum Gasteiger partial charge on any atom is 0.330 e. The Morgan fingerprint density at radius 3 is 2.65 bits per heavy atom. The topological polar surface area (TPSA) is 140 Å². The van der Waals surface area contributed by atoms with Gasteiger partial charge >= 0.3 is 5.69 Å². The summed E-state index contributed by atoms with van der Waals surface area (Å²) in [5, 5.41) is 0. The zero-order chi connectivity index (χ0) is 25.0. The van der Waals surface area contributed by atoms with Gasteiger partial charge in [-0.15, -0.1) is 0 Å². The van der Waals surface area contributed by atoms with Crippen LogP contribution in [0.1, 0.15) is 27.2 Å². The fraction of sp³-hybridized carbons (Fsp3) is 0.478. The highest BCUT2D eigenvalue weighted by atomic mass is 16.5. The van der Waals surface area contributed by atoms with E-state index in [0.29, 0.717) is 24.5 Å². The number of carbonyl (C=O) groups is 2. The number of nitrogens with two attached hydrogens (primary N) is 1. The van der Waals surface area contributed by atoms with Gasteiger partial charge in [-0.05, 0) is 31.4 Å². The number of methoxy groups -OCH3 is 1. The molecule has 1 aliphatic heterocycles. The molecule has 1 unspecified atom stereocenters. The molecule has 0 saturated carbocycles. The van der Waals surface area contributed by atoms with Gasteiger partial charge in [0, 0.05) is 26.8 Å². The van der Waals surface area contributed by atoms with Gasteiger partial charge in [0.2, 0.25) is 5.91 Å². The summed E-state index contributed by atoms with van der Waals surface area (Å²) >= 11 is 0. The van der Waals surface area contributed by atoms with Crippen LogP contribution in [-0.2, 0) is 20.9 Å². The molecule has 1 aromatic heterocycles. The van der Waals surface area contributed by atoms with E-state index in [1.54, 1.807) is 31.2 Å². The molecule has 11 nitrogen and oxygen atoms in total. The first kappa shape index (κ1) is 25.0. The van der Waals surface area contributed by atoms with Gasteiger partial charge in [0.15, 0.2) is 11.8 Å². The SMILES string of the molecule is COCCCN(C(=O)CN1C(=O)C(C)Oc2ccccc21)c1c(N)n(CC(C)C)c(=O)[nH]c1=O. The monoisotopic (exact) mass is 473 g/mol. The molecule has 11 heteroatoms. The second-order valence-electron chi connectivity index (χ2n) is 8.54. The van der Waals surface area contributed by atoms with Gasteiger partial charge in [-0.2, -0.15) is 0 Å². The fourth-order valence-corrected chi connectivity index (χ4v) is 3.86. The third-order valence-corrected chi connectivity index (χ3v) is 5.43. The number of nitrogens with one attached hydrogen (secondary N) is 1. The van der Waals surface area contributed by atoms with Crippen LogP contribution in [0.3, 0.4) is 0 Å². The molecule has 184 valence electrons. The Morgan fingerprint density at radius 1 is 1.26 bits per heavy atom. The molecule has 0 fully saturated rings. The highest BCUT2D eigenvalue weighted by Gasteiger charge is 2.34. The maximum absolute atomic E-state index is 13.5. The van der Waals surface area contributed by atoms with E-state index >= 15 is 0 Å². The number of carbonyl (C=O) groups excluding carboxylic acids is 2. The number of fused-ring (bicyclic) bond motifs is 1. The van der Waals surface area contributed by atoms with Crippen LogP contribution in [0, 0.1) is 5.92 Å². The fourth-order valence-electron chi connectivity index (χ4n) is 3.86. The Bertz CT molecular complexity index is 1170. The number of aromatic nitrogens is 2. The Hall–Kier alpha value is -3.60. The van der Waals surface area contributed by atoms with Crippen molar-refractivity contribution in [3.63, 3.8) is 0 Å². The summed E-state index contributed by atoms with van der Waals surface area (Å²) < 4.78 is 12.0. The minimum absolute atomic E-state index is 0.0698. The quantitative estimate of drug-likeness (QED) is 0.517. The molecule has 0 aliphatic carbocycles. The van der Waals surface area contributed by atoms with Crippen LogP contribution in [0.25, 0.3) is 0 Å². The number of ether oxygens (including phenoxy) is 2. The van der Waals surface area contributed by atoms with Crippen LogP contribution < -0.4 is 31.5 Å². The lowest BCUT2D eigenvalue weighted by Gasteiger charge is -2.34. The van der Waals surface area contributed by atoms with Crippen molar-refractivity contribution >= 4 is 29.0 Å². The van der Waals surface area contributed by atoms with E-state index in [1.165, 1.54) is 21.5 Å². The lowest BCUT2D eigenvalue weighted by atomic mass is 10.2. The van der Waals surface area contributed by atoms with Crippen molar-refractivity contribution in [2.45, 2.75) is 39.8 Å². The van der Waals surface area contributed by atoms with Gasteiger partial charge in [0.05, 0.1) is 5.69 Å². The van der Waals surface area contributed by atoms with Crippen LogP contribution in [0.2, 0.25) is 0 Å². The Kier molecular flexibility index (Phi) is 7.77. The van der Waals surface area contributed by atoms with E-state index in [-0.39, 0.29) is 43.0 Å². The van der Waals surface area contributed by atoms with Crippen LogP contribution in [0.4, 0.5) is 17.2 Å². The molecule has 3 rings (SSSR count). The Labute approximate surface area is 197 Å². The average Bonchev–Trinajstić information content (AvgIpc) is 2.78. The number of H-pyrrole nitrogens is 1. The standard InChI is InChI=1S/C23H31N5O6/c1-14(2)12-28-20(24)19(21(30)25-23(28)32)26(10-7-11-33-4)18(29)13-27-16-8-5-6-9-17(16)34-15(3)22(27)31/h5-6,8-9,14-15H,7,10-13,24H2,1-4H3,(H,25,30,32). The molecule has 2 amide bonds. The first-order valence-corrected chi connectivity index (χ1v) is 11.1. The third kappa shape index (κ3) is 5.14. The van der Waals surface area contributed by atoms with Crippen molar-refractivity contribution in [2.75, 3.05) is 42.3 Å². The van der Waals surface area contributed by atoms with Crippen LogP contribution >= 0.6 is 0 Å². The Balaban J connectivity index is 2.02. The van der Waals surface area contributed by atoms with Gasteiger partial charge in [-0.3, -0.25) is 28.8 Å². The number of hydrogen-bond donors (Lipinski definition) is 2. The molecule has 0 radical (unpaired) electrons. The van der Waals surface area contributed by atoms with Crippen molar-refractivity contribution in [2.24, 2.45) is 5.92 Å². The summed E-state index contributed by atoms with van der Waals surface area (Å²) in [5.74, 6) is -0.456. The molecular formula is C23H31N5O6. The number of aromatic amines is 1. The molecule has 1 aromatic carbocycles. The summed E-state index contributed by atoms with van der Waals surface area (Å²) in [6, 6.07) is 6.92. The molecule has 1 aliphatic rings. The summed E-state index contributed by atoms with van der Waals surface area (Å²) in [5.41, 5.74) is 5.18. The molecule has 2 aromatic rings. The summed E-state index contributed by atoms with van der Waals surface area (Å²) in [7, 11) is 1.53. The predicted molar refractivity (Wildman–Crippen MR) is 128 cm³/mol. The van der Waals surface area contributed by atoms with Gasteiger partial charge in [-0.1, -0.05) is 26.0 Å². The van der Waals surface area contributed by atoms with Crippen molar-refractivity contribution in [1.29, 1.82) is 0 Å². The lowest BCUT2D eigenvalue weighted by molar-refractivity contribution is -0.127. The number of anilines is 3. The minimum atomic E-state index is -0.772. The number of nitrogens with zero attached hydrogens (tertiary/aromatic N) is 3. The number of benzene rings is 1. The van der Waals surface area contributed by atoms with E-state index in [4.69, 9.17) is 15.2 Å². The van der Waals surface area contributed by atoms with Crippen LogP contribution in [-0.4, -0.2) is 54.3 Å². The molecule has 0 bridgehead atoms. The van der Waals surface area contributed by atoms with E-state index in [0.717, 1.165) is 0 Å².